The number of nitrogens with one attached hydrogen (secondary N) is 2. The Bertz CT molecular complexity index is 467. The van der Waals surface area contributed by atoms with Crippen molar-refractivity contribution in [2.45, 2.75) is 50.3 Å². The summed E-state index contributed by atoms with van der Waals surface area (Å²) >= 11 is 1.91. The number of nitrogens with zero attached hydrogens (tertiary/aromatic N) is 1. The Hall–Kier alpha value is -1.23. The first-order valence-electron chi connectivity index (χ1n) is 7.76. The van der Waals surface area contributed by atoms with Crippen LogP contribution in [0.4, 0.5) is 5.69 Å². The average Bonchev–Trinajstić information content (AvgIpc) is 2.53. The maximum atomic E-state index is 12.3. The number of carbonyl (C=O) groups is 1. The molecule has 0 saturated heterocycles. The van der Waals surface area contributed by atoms with Gasteiger partial charge in [0.25, 0.3) is 5.91 Å². The largest absolute Gasteiger partial charge is 0.385 e. The molecule has 2 unspecified atom stereocenters. The topological polar surface area (TPSA) is 54.0 Å². The number of amides is 1. The maximum absolute atomic E-state index is 12.3. The van der Waals surface area contributed by atoms with E-state index >= 15 is 0 Å². The molecule has 0 aromatic carbocycles. The Morgan fingerprint density at radius 1 is 1.48 bits per heavy atom. The summed E-state index contributed by atoms with van der Waals surface area (Å²) < 4.78 is 0. The number of pyridine rings is 1. The third-order valence-electron chi connectivity index (χ3n) is 3.87. The van der Waals surface area contributed by atoms with E-state index in [0.29, 0.717) is 10.9 Å². The lowest BCUT2D eigenvalue weighted by Gasteiger charge is -2.28. The van der Waals surface area contributed by atoms with Crippen LogP contribution < -0.4 is 10.6 Å². The van der Waals surface area contributed by atoms with Crippen molar-refractivity contribution in [1.82, 2.24) is 10.3 Å². The molecule has 0 bridgehead atoms. The minimum absolute atomic E-state index is 0.0538. The quantitative estimate of drug-likeness (QED) is 0.846. The molecule has 2 N–H and O–H groups in total. The Balaban J connectivity index is 1.93. The number of carbonyl (C=O) groups excluding carboxylic acids is 1. The van der Waals surface area contributed by atoms with Crippen LogP contribution in [0.15, 0.2) is 18.3 Å². The lowest BCUT2D eigenvalue weighted by molar-refractivity contribution is 0.0923. The molecule has 21 heavy (non-hydrogen) atoms. The van der Waals surface area contributed by atoms with E-state index in [1.54, 1.807) is 6.20 Å². The summed E-state index contributed by atoms with van der Waals surface area (Å²) in [5.74, 6) is -0.0538. The minimum Gasteiger partial charge on any atom is -0.385 e. The zero-order chi connectivity index (χ0) is 15.1. The lowest BCUT2D eigenvalue weighted by Crippen LogP contribution is -2.39. The van der Waals surface area contributed by atoms with E-state index < -0.39 is 0 Å². The fourth-order valence-electron chi connectivity index (χ4n) is 2.68. The molecule has 1 aromatic rings. The SMILES string of the molecule is CCCNc1ccnc(C(=O)NC2CCCC(SC)C2)c1. The molecule has 116 valence electrons. The zero-order valence-corrected chi connectivity index (χ0v) is 13.7. The normalized spacial score (nSPS) is 21.8. The third-order valence-corrected chi connectivity index (χ3v) is 4.96. The maximum Gasteiger partial charge on any atom is 0.270 e. The van der Waals surface area contributed by atoms with Crippen molar-refractivity contribution in [1.29, 1.82) is 0 Å². The molecular weight excluding hydrogens is 282 g/mol. The van der Waals surface area contributed by atoms with Crippen molar-refractivity contribution in [2.24, 2.45) is 0 Å². The highest BCUT2D eigenvalue weighted by Crippen LogP contribution is 2.27. The first kappa shape index (κ1) is 16.1. The van der Waals surface area contributed by atoms with E-state index in [0.717, 1.165) is 31.5 Å². The summed E-state index contributed by atoms with van der Waals surface area (Å²) in [6, 6.07) is 4.02. The second-order valence-electron chi connectivity index (χ2n) is 5.55. The van der Waals surface area contributed by atoms with E-state index in [-0.39, 0.29) is 11.9 Å². The molecule has 2 atom stereocenters. The van der Waals surface area contributed by atoms with Gasteiger partial charge in [0.1, 0.15) is 5.69 Å². The average molecular weight is 307 g/mol. The van der Waals surface area contributed by atoms with Crippen molar-refractivity contribution in [3.63, 3.8) is 0 Å². The Morgan fingerprint density at radius 3 is 3.10 bits per heavy atom. The van der Waals surface area contributed by atoms with E-state index in [1.165, 1.54) is 12.8 Å². The van der Waals surface area contributed by atoms with Gasteiger partial charge < -0.3 is 10.6 Å². The van der Waals surface area contributed by atoms with Crippen LogP contribution in [0.25, 0.3) is 0 Å². The van der Waals surface area contributed by atoms with Crippen LogP contribution in [0.2, 0.25) is 0 Å². The van der Waals surface area contributed by atoms with Gasteiger partial charge in [0.05, 0.1) is 0 Å². The first-order valence-corrected chi connectivity index (χ1v) is 9.05. The molecule has 0 spiro atoms. The first-order chi connectivity index (χ1) is 10.2. The van der Waals surface area contributed by atoms with Crippen LogP contribution >= 0.6 is 11.8 Å². The molecule has 1 saturated carbocycles. The number of thioether (sulfide) groups is 1. The van der Waals surface area contributed by atoms with Gasteiger partial charge in [-0.3, -0.25) is 9.78 Å². The summed E-state index contributed by atoms with van der Waals surface area (Å²) in [5, 5.41) is 7.10. The summed E-state index contributed by atoms with van der Waals surface area (Å²) in [6.07, 6.45) is 9.52. The van der Waals surface area contributed by atoms with Gasteiger partial charge >= 0.3 is 0 Å². The van der Waals surface area contributed by atoms with Crippen LogP contribution in [-0.2, 0) is 0 Å². The monoisotopic (exact) mass is 307 g/mol. The van der Waals surface area contributed by atoms with Gasteiger partial charge in [0, 0.05) is 29.7 Å². The fourth-order valence-corrected chi connectivity index (χ4v) is 3.51. The predicted octanol–water partition coefficient (Wildman–Crippen LogP) is 3.31. The standard InChI is InChI=1S/C16H25N3OS/c1-3-8-17-12-7-9-18-15(11-12)16(20)19-13-5-4-6-14(10-13)21-2/h7,9,11,13-14H,3-6,8,10H2,1-2H3,(H,17,18)(H,19,20). The number of aromatic nitrogens is 1. The van der Waals surface area contributed by atoms with E-state index in [4.69, 9.17) is 0 Å². The molecule has 2 rings (SSSR count). The third kappa shape index (κ3) is 4.92. The Morgan fingerprint density at radius 2 is 2.33 bits per heavy atom. The van der Waals surface area contributed by atoms with Crippen LogP contribution in [0.5, 0.6) is 0 Å². The van der Waals surface area contributed by atoms with Crippen molar-refractivity contribution < 1.29 is 4.79 Å². The number of hydrogen-bond acceptors (Lipinski definition) is 4. The van der Waals surface area contributed by atoms with Gasteiger partial charge in [-0.2, -0.15) is 11.8 Å². The number of hydrogen-bond donors (Lipinski definition) is 2. The van der Waals surface area contributed by atoms with Crippen LogP contribution in [-0.4, -0.2) is 35.0 Å². The van der Waals surface area contributed by atoms with Gasteiger partial charge in [0.2, 0.25) is 0 Å². The van der Waals surface area contributed by atoms with Gasteiger partial charge in [0.15, 0.2) is 0 Å². The lowest BCUT2D eigenvalue weighted by atomic mass is 9.95. The molecule has 0 radical (unpaired) electrons. The van der Waals surface area contributed by atoms with Gasteiger partial charge in [-0.05, 0) is 44.1 Å². The van der Waals surface area contributed by atoms with Crippen LogP contribution in [0.3, 0.4) is 0 Å². The van der Waals surface area contributed by atoms with Gasteiger partial charge in [-0.1, -0.05) is 13.3 Å². The summed E-state index contributed by atoms with van der Waals surface area (Å²) in [6.45, 7) is 3.02. The van der Waals surface area contributed by atoms with Crippen molar-refractivity contribution >= 4 is 23.4 Å². The second-order valence-corrected chi connectivity index (χ2v) is 6.69. The predicted molar refractivity (Wildman–Crippen MR) is 90.0 cm³/mol. The highest BCUT2D eigenvalue weighted by Gasteiger charge is 2.23. The molecular formula is C16H25N3OS. The Kier molecular flexibility index (Phi) is 6.36. The zero-order valence-electron chi connectivity index (χ0n) is 12.9. The van der Waals surface area contributed by atoms with Gasteiger partial charge in [-0.15, -0.1) is 0 Å². The van der Waals surface area contributed by atoms with E-state index in [2.05, 4.69) is 28.8 Å². The van der Waals surface area contributed by atoms with Crippen LogP contribution in [0, 0.1) is 0 Å². The van der Waals surface area contributed by atoms with Crippen molar-refractivity contribution in [3.05, 3.63) is 24.0 Å². The highest BCUT2D eigenvalue weighted by atomic mass is 32.2. The van der Waals surface area contributed by atoms with Crippen molar-refractivity contribution in [2.75, 3.05) is 18.1 Å². The molecule has 1 aliphatic rings. The number of anilines is 1. The van der Waals surface area contributed by atoms with Crippen LogP contribution in [0.1, 0.15) is 49.5 Å². The van der Waals surface area contributed by atoms with E-state index in [1.807, 2.05) is 23.9 Å². The highest BCUT2D eigenvalue weighted by molar-refractivity contribution is 7.99. The smallest absolute Gasteiger partial charge is 0.270 e. The molecule has 1 heterocycles. The molecule has 1 fully saturated rings. The minimum atomic E-state index is -0.0538. The molecule has 1 aromatic heterocycles. The Labute approximate surface area is 131 Å². The number of rotatable bonds is 6. The molecule has 4 nitrogen and oxygen atoms in total. The van der Waals surface area contributed by atoms with Crippen molar-refractivity contribution in [3.8, 4) is 0 Å². The summed E-state index contributed by atoms with van der Waals surface area (Å²) in [4.78, 5) is 16.5. The molecule has 1 aliphatic carbocycles. The second kappa shape index (κ2) is 8.27. The molecule has 0 aliphatic heterocycles. The molecule has 5 heteroatoms. The van der Waals surface area contributed by atoms with E-state index in [9.17, 15) is 4.79 Å². The summed E-state index contributed by atoms with van der Waals surface area (Å²) in [5.41, 5.74) is 1.46. The summed E-state index contributed by atoms with van der Waals surface area (Å²) in [7, 11) is 0. The molecule has 1 amide bonds. The van der Waals surface area contributed by atoms with Gasteiger partial charge in [-0.25, -0.2) is 0 Å². The fraction of sp³-hybridized carbons (Fsp3) is 0.625.